The van der Waals surface area contributed by atoms with Crippen molar-refractivity contribution in [3.05, 3.63) is 86.1 Å². The summed E-state index contributed by atoms with van der Waals surface area (Å²) in [6, 6.07) is 13.2. The van der Waals surface area contributed by atoms with Gasteiger partial charge in [0.1, 0.15) is 10.9 Å². The molecule has 144 valence electrons. The molecule has 0 saturated heterocycles. The van der Waals surface area contributed by atoms with Gasteiger partial charge < -0.3 is 10.1 Å². The third-order valence-corrected chi connectivity index (χ3v) is 4.60. The first kappa shape index (κ1) is 19.6. The standard InChI is InChI=1S/C20H18ClN3O4/c1-3-28-20(25)17-12(2)22-19(13-7-5-4-6-8-13)23-18(17)14-9-10-15(21)16(11-14)24(26)27/h4-11,18H,3H2,1-2H3,(H,22,23). The fourth-order valence-corrected chi connectivity index (χ4v) is 3.18. The maximum absolute atomic E-state index is 12.6. The number of hydrogen-bond acceptors (Lipinski definition) is 6. The van der Waals surface area contributed by atoms with Crippen molar-refractivity contribution in [3.8, 4) is 0 Å². The average molecular weight is 400 g/mol. The highest BCUT2D eigenvalue weighted by Crippen LogP contribution is 2.34. The van der Waals surface area contributed by atoms with E-state index in [0.29, 0.717) is 22.7 Å². The molecule has 0 fully saturated rings. The molecule has 1 heterocycles. The number of rotatable bonds is 5. The largest absolute Gasteiger partial charge is 0.463 e. The van der Waals surface area contributed by atoms with Gasteiger partial charge in [0.25, 0.3) is 5.69 Å². The molecule has 3 rings (SSSR count). The SMILES string of the molecule is CCOC(=O)C1=C(C)N=C(c2ccccc2)NC1c1ccc(Cl)c([N+](=O)[O-])c1. The van der Waals surface area contributed by atoms with Gasteiger partial charge in [0.05, 0.1) is 28.8 Å². The third kappa shape index (κ3) is 3.89. The summed E-state index contributed by atoms with van der Waals surface area (Å²) < 4.78 is 5.18. The summed E-state index contributed by atoms with van der Waals surface area (Å²) in [4.78, 5) is 27.8. The number of benzene rings is 2. The summed E-state index contributed by atoms with van der Waals surface area (Å²) in [5.74, 6) is 0.0414. The lowest BCUT2D eigenvalue weighted by Crippen LogP contribution is -2.36. The lowest BCUT2D eigenvalue weighted by atomic mass is 9.94. The molecule has 0 radical (unpaired) electrons. The number of carbonyl (C=O) groups is 1. The second-order valence-corrected chi connectivity index (χ2v) is 6.50. The maximum atomic E-state index is 12.6. The number of nitrogens with zero attached hydrogens (tertiary/aromatic N) is 2. The Hall–Kier alpha value is -3.19. The average Bonchev–Trinajstić information content (AvgIpc) is 2.68. The summed E-state index contributed by atoms with van der Waals surface area (Å²) in [6.07, 6.45) is 0. The van der Waals surface area contributed by atoms with Crippen LogP contribution in [0.2, 0.25) is 5.02 Å². The Kier molecular flexibility index (Phi) is 5.75. The Morgan fingerprint density at radius 1 is 1.29 bits per heavy atom. The van der Waals surface area contributed by atoms with Gasteiger partial charge in [-0.15, -0.1) is 0 Å². The van der Waals surface area contributed by atoms with E-state index in [4.69, 9.17) is 16.3 Å². The highest BCUT2D eigenvalue weighted by molar-refractivity contribution is 6.32. The monoisotopic (exact) mass is 399 g/mol. The molecule has 1 N–H and O–H groups in total. The molecule has 8 heteroatoms. The normalized spacial score (nSPS) is 16.2. The fourth-order valence-electron chi connectivity index (χ4n) is 3.00. The van der Waals surface area contributed by atoms with Crippen molar-refractivity contribution in [2.24, 2.45) is 4.99 Å². The van der Waals surface area contributed by atoms with Crippen LogP contribution < -0.4 is 5.32 Å². The molecule has 2 aromatic carbocycles. The molecular weight excluding hydrogens is 382 g/mol. The minimum Gasteiger partial charge on any atom is -0.463 e. The number of aliphatic imine (C=N–C) groups is 1. The van der Waals surface area contributed by atoms with Gasteiger partial charge in [0.15, 0.2) is 0 Å². The maximum Gasteiger partial charge on any atom is 0.338 e. The summed E-state index contributed by atoms with van der Waals surface area (Å²) in [5.41, 5.74) is 1.91. The molecule has 0 saturated carbocycles. The van der Waals surface area contributed by atoms with E-state index in [1.54, 1.807) is 19.9 Å². The van der Waals surface area contributed by atoms with Gasteiger partial charge in [-0.05, 0) is 25.5 Å². The van der Waals surface area contributed by atoms with Crippen LogP contribution in [-0.2, 0) is 9.53 Å². The lowest BCUT2D eigenvalue weighted by molar-refractivity contribution is -0.384. The number of ether oxygens (including phenoxy) is 1. The van der Waals surface area contributed by atoms with Crippen molar-refractivity contribution in [2.75, 3.05) is 6.61 Å². The van der Waals surface area contributed by atoms with Crippen LogP contribution in [0.1, 0.15) is 31.0 Å². The Bertz CT molecular complexity index is 986. The number of amidine groups is 1. The zero-order chi connectivity index (χ0) is 20.3. The summed E-state index contributed by atoms with van der Waals surface area (Å²) >= 11 is 5.94. The summed E-state index contributed by atoms with van der Waals surface area (Å²) in [7, 11) is 0. The van der Waals surface area contributed by atoms with E-state index < -0.39 is 16.9 Å². The Balaban J connectivity index is 2.12. The van der Waals surface area contributed by atoms with Crippen LogP contribution in [0.5, 0.6) is 0 Å². The van der Waals surface area contributed by atoms with Gasteiger partial charge in [0.2, 0.25) is 0 Å². The predicted molar refractivity (Wildman–Crippen MR) is 106 cm³/mol. The van der Waals surface area contributed by atoms with E-state index >= 15 is 0 Å². The van der Waals surface area contributed by atoms with E-state index in [2.05, 4.69) is 10.3 Å². The van der Waals surface area contributed by atoms with E-state index in [1.165, 1.54) is 12.1 Å². The van der Waals surface area contributed by atoms with Crippen molar-refractivity contribution >= 4 is 29.1 Å². The third-order valence-electron chi connectivity index (χ3n) is 4.28. The first-order valence-electron chi connectivity index (χ1n) is 8.64. The number of nitro groups is 1. The first-order chi connectivity index (χ1) is 13.4. The number of carbonyl (C=O) groups excluding carboxylic acids is 1. The highest BCUT2D eigenvalue weighted by Gasteiger charge is 2.32. The molecule has 0 spiro atoms. The molecule has 1 aliphatic rings. The van der Waals surface area contributed by atoms with Gasteiger partial charge in [0, 0.05) is 11.6 Å². The number of hydrogen-bond donors (Lipinski definition) is 1. The smallest absolute Gasteiger partial charge is 0.338 e. The van der Waals surface area contributed by atoms with Crippen LogP contribution in [0.25, 0.3) is 0 Å². The van der Waals surface area contributed by atoms with Crippen LogP contribution in [0.4, 0.5) is 5.69 Å². The van der Waals surface area contributed by atoms with Crippen molar-refractivity contribution in [3.63, 3.8) is 0 Å². The quantitative estimate of drug-likeness (QED) is 0.462. The van der Waals surface area contributed by atoms with Crippen LogP contribution in [0.3, 0.4) is 0 Å². The molecular formula is C20H18ClN3O4. The molecule has 0 bridgehead atoms. The minimum absolute atomic E-state index is 0.0277. The second kappa shape index (κ2) is 8.22. The molecule has 2 aromatic rings. The van der Waals surface area contributed by atoms with Crippen molar-refractivity contribution in [1.82, 2.24) is 5.32 Å². The molecule has 1 atom stereocenters. The number of halogens is 1. The molecule has 1 aliphatic heterocycles. The Labute approximate surface area is 166 Å². The predicted octanol–water partition coefficient (Wildman–Crippen LogP) is 4.18. The van der Waals surface area contributed by atoms with E-state index in [-0.39, 0.29) is 17.3 Å². The van der Waals surface area contributed by atoms with Crippen LogP contribution in [0.15, 0.2) is 64.8 Å². The van der Waals surface area contributed by atoms with Crippen LogP contribution in [0, 0.1) is 10.1 Å². The number of nitrogens with one attached hydrogen (secondary N) is 1. The second-order valence-electron chi connectivity index (χ2n) is 6.09. The van der Waals surface area contributed by atoms with Gasteiger partial charge >= 0.3 is 5.97 Å². The molecule has 7 nitrogen and oxygen atoms in total. The zero-order valence-electron chi connectivity index (χ0n) is 15.3. The van der Waals surface area contributed by atoms with Gasteiger partial charge in [-0.3, -0.25) is 10.1 Å². The lowest BCUT2D eigenvalue weighted by Gasteiger charge is -2.28. The van der Waals surface area contributed by atoms with Gasteiger partial charge in [-0.2, -0.15) is 0 Å². The van der Waals surface area contributed by atoms with Crippen molar-refractivity contribution in [2.45, 2.75) is 19.9 Å². The fraction of sp³-hybridized carbons (Fsp3) is 0.200. The first-order valence-corrected chi connectivity index (χ1v) is 9.02. The summed E-state index contributed by atoms with van der Waals surface area (Å²) in [6.45, 7) is 3.64. The number of esters is 1. The molecule has 0 amide bonds. The summed E-state index contributed by atoms with van der Waals surface area (Å²) in [5, 5.41) is 14.5. The number of allylic oxidation sites excluding steroid dienone is 1. The van der Waals surface area contributed by atoms with Crippen molar-refractivity contribution < 1.29 is 14.5 Å². The number of nitro benzene ring substituents is 1. The Morgan fingerprint density at radius 3 is 2.64 bits per heavy atom. The molecule has 1 unspecified atom stereocenters. The van der Waals surface area contributed by atoms with Gasteiger partial charge in [-0.1, -0.05) is 48.0 Å². The van der Waals surface area contributed by atoms with E-state index in [9.17, 15) is 14.9 Å². The molecule has 0 aliphatic carbocycles. The highest BCUT2D eigenvalue weighted by atomic mass is 35.5. The molecule has 28 heavy (non-hydrogen) atoms. The van der Waals surface area contributed by atoms with Gasteiger partial charge in [-0.25, -0.2) is 9.79 Å². The van der Waals surface area contributed by atoms with Crippen LogP contribution >= 0.6 is 11.6 Å². The topological polar surface area (TPSA) is 93.8 Å². The van der Waals surface area contributed by atoms with Crippen LogP contribution in [-0.4, -0.2) is 23.3 Å². The van der Waals surface area contributed by atoms with E-state index in [1.807, 2.05) is 30.3 Å². The minimum atomic E-state index is -0.664. The Morgan fingerprint density at radius 2 is 2.00 bits per heavy atom. The molecule has 0 aromatic heterocycles. The van der Waals surface area contributed by atoms with Crippen molar-refractivity contribution in [1.29, 1.82) is 0 Å². The zero-order valence-corrected chi connectivity index (χ0v) is 16.1. The van der Waals surface area contributed by atoms with E-state index in [0.717, 1.165) is 5.56 Å².